The summed E-state index contributed by atoms with van der Waals surface area (Å²) in [7, 11) is 1.62. The van der Waals surface area contributed by atoms with Gasteiger partial charge in [-0.25, -0.2) is 9.97 Å². The van der Waals surface area contributed by atoms with Crippen LogP contribution in [0.4, 0.5) is 0 Å². The number of ether oxygens (including phenoxy) is 2. The summed E-state index contributed by atoms with van der Waals surface area (Å²) in [5.41, 5.74) is 1.33. The van der Waals surface area contributed by atoms with E-state index in [4.69, 9.17) is 9.47 Å². The van der Waals surface area contributed by atoms with Crippen LogP contribution in [0.2, 0.25) is 0 Å². The van der Waals surface area contributed by atoms with Crippen LogP contribution in [0.25, 0.3) is 0 Å². The molecule has 0 N–H and O–H groups in total. The Hall–Kier alpha value is -2.14. The molecule has 1 aromatic carbocycles. The van der Waals surface area contributed by atoms with Crippen molar-refractivity contribution in [1.82, 2.24) is 14.9 Å². The Morgan fingerprint density at radius 2 is 1.88 bits per heavy atom. The Bertz CT molecular complexity index is 625. The molecule has 0 unspecified atom stereocenters. The molecule has 1 aromatic heterocycles. The van der Waals surface area contributed by atoms with E-state index in [2.05, 4.69) is 33.1 Å². The zero-order chi connectivity index (χ0) is 16.6. The lowest BCUT2D eigenvalue weighted by molar-refractivity contribution is 0.306. The predicted octanol–water partition coefficient (Wildman–Crippen LogP) is 3.09. The van der Waals surface area contributed by atoms with Crippen LogP contribution in [0.15, 0.2) is 36.7 Å². The third-order valence-electron chi connectivity index (χ3n) is 4.23. The standard InChI is InChI=1S/C19H25N3O2/c1-23-18-13-20-19(21-14-18)8-5-11-24-17-7-4-6-16(12-17)15-22-9-2-3-10-22/h4,6-7,12-14H,2-3,5,8-11,15H2,1H3. The molecule has 5 nitrogen and oxygen atoms in total. The molecule has 1 fully saturated rings. The van der Waals surface area contributed by atoms with Gasteiger partial charge in [-0.05, 0) is 50.0 Å². The molecule has 0 aliphatic carbocycles. The van der Waals surface area contributed by atoms with E-state index in [1.54, 1.807) is 19.5 Å². The molecule has 0 amide bonds. The Kier molecular flexibility index (Phi) is 6.01. The summed E-state index contributed by atoms with van der Waals surface area (Å²) in [5.74, 6) is 2.45. The first kappa shape index (κ1) is 16.7. The molecule has 3 rings (SSSR count). The van der Waals surface area contributed by atoms with Crippen LogP contribution in [0, 0.1) is 0 Å². The molecular weight excluding hydrogens is 302 g/mol. The number of hydrogen-bond acceptors (Lipinski definition) is 5. The first-order valence-corrected chi connectivity index (χ1v) is 8.62. The van der Waals surface area contributed by atoms with E-state index < -0.39 is 0 Å². The maximum Gasteiger partial charge on any atom is 0.155 e. The highest BCUT2D eigenvalue weighted by molar-refractivity contribution is 5.28. The van der Waals surface area contributed by atoms with Gasteiger partial charge in [-0.2, -0.15) is 0 Å². The van der Waals surface area contributed by atoms with Crippen LogP contribution in [0.3, 0.4) is 0 Å². The van der Waals surface area contributed by atoms with Gasteiger partial charge in [-0.3, -0.25) is 4.90 Å². The van der Waals surface area contributed by atoms with Crippen molar-refractivity contribution in [3.63, 3.8) is 0 Å². The summed E-state index contributed by atoms with van der Waals surface area (Å²) in [6, 6.07) is 8.43. The molecule has 2 heterocycles. The topological polar surface area (TPSA) is 47.5 Å². The highest BCUT2D eigenvalue weighted by Crippen LogP contribution is 2.18. The fourth-order valence-corrected chi connectivity index (χ4v) is 2.93. The highest BCUT2D eigenvalue weighted by Gasteiger charge is 2.11. The van der Waals surface area contributed by atoms with E-state index in [9.17, 15) is 0 Å². The smallest absolute Gasteiger partial charge is 0.155 e. The quantitative estimate of drug-likeness (QED) is 0.697. The van der Waals surface area contributed by atoms with Crippen LogP contribution < -0.4 is 9.47 Å². The Labute approximate surface area is 143 Å². The summed E-state index contributed by atoms with van der Waals surface area (Å²) in [5, 5.41) is 0. The van der Waals surface area contributed by atoms with Gasteiger partial charge in [0.2, 0.25) is 0 Å². The van der Waals surface area contributed by atoms with E-state index in [0.717, 1.165) is 31.0 Å². The summed E-state index contributed by atoms with van der Waals surface area (Å²) < 4.78 is 10.9. The first-order valence-electron chi connectivity index (χ1n) is 8.62. The van der Waals surface area contributed by atoms with Crippen molar-refractivity contribution in [1.29, 1.82) is 0 Å². The number of hydrogen-bond donors (Lipinski definition) is 0. The van der Waals surface area contributed by atoms with Gasteiger partial charge < -0.3 is 9.47 Å². The fraction of sp³-hybridized carbons (Fsp3) is 0.474. The second-order valence-corrected chi connectivity index (χ2v) is 6.12. The van der Waals surface area contributed by atoms with E-state index in [-0.39, 0.29) is 0 Å². The summed E-state index contributed by atoms with van der Waals surface area (Å²) in [4.78, 5) is 11.0. The van der Waals surface area contributed by atoms with Gasteiger partial charge in [0.25, 0.3) is 0 Å². The number of likely N-dealkylation sites (tertiary alicyclic amines) is 1. The third kappa shape index (κ3) is 4.93. The monoisotopic (exact) mass is 327 g/mol. The van der Waals surface area contributed by atoms with E-state index in [0.29, 0.717) is 12.4 Å². The predicted molar refractivity (Wildman–Crippen MR) is 93.4 cm³/mol. The molecule has 24 heavy (non-hydrogen) atoms. The molecule has 0 atom stereocenters. The van der Waals surface area contributed by atoms with Gasteiger partial charge in [0, 0.05) is 13.0 Å². The number of methoxy groups -OCH3 is 1. The maximum atomic E-state index is 5.88. The minimum Gasteiger partial charge on any atom is -0.494 e. The Morgan fingerprint density at radius 3 is 2.62 bits per heavy atom. The van der Waals surface area contributed by atoms with Crippen molar-refractivity contribution in [2.45, 2.75) is 32.2 Å². The molecule has 0 spiro atoms. The van der Waals surface area contributed by atoms with Gasteiger partial charge >= 0.3 is 0 Å². The SMILES string of the molecule is COc1cnc(CCCOc2cccc(CN3CCCC3)c2)nc1. The summed E-state index contributed by atoms with van der Waals surface area (Å²) in [6.07, 6.45) is 7.74. The molecule has 5 heteroatoms. The molecule has 0 bridgehead atoms. The molecule has 1 aliphatic rings. The molecule has 0 saturated carbocycles. The normalized spacial score (nSPS) is 14.7. The molecule has 0 radical (unpaired) electrons. The lowest BCUT2D eigenvalue weighted by Crippen LogP contribution is -2.18. The van der Waals surface area contributed by atoms with E-state index in [1.807, 2.05) is 6.07 Å². The van der Waals surface area contributed by atoms with Crippen LogP contribution in [0.1, 0.15) is 30.7 Å². The second kappa shape index (κ2) is 8.64. The number of nitrogens with zero attached hydrogens (tertiary/aromatic N) is 3. The summed E-state index contributed by atoms with van der Waals surface area (Å²) in [6.45, 7) is 4.12. The first-order chi connectivity index (χ1) is 11.8. The fourth-order valence-electron chi connectivity index (χ4n) is 2.93. The number of rotatable bonds is 8. The minimum absolute atomic E-state index is 0.669. The summed E-state index contributed by atoms with van der Waals surface area (Å²) >= 11 is 0. The van der Waals surface area contributed by atoms with Crippen LogP contribution >= 0.6 is 0 Å². The van der Waals surface area contributed by atoms with Gasteiger partial charge in [0.1, 0.15) is 11.6 Å². The maximum absolute atomic E-state index is 5.88. The van der Waals surface area contributed by atoms with Crippen LogP contribution in [-0.2, 0) is 13.0 Å². The lowest BCUT2D eigenvalue weighted by atomic mass is 10.2. The second-order valence-electron chi connectivity index (χ2n) is 6.12. The van der Waals surface area contributed by atoms with E-state index >= 15 is 0 Å². The molecule has 2 aromatic rings. The van der Waals surface area contributed by atoms with Gasteiger partial charge in [-0.1, -0.05) is 12.1 Å². The average Bonchev–Trinajstić information content (AvgIpc) is 3.13. The van der Waals surface area contributed by atoms with Crippen LogP contribution in [0.5, 0.6) is 11.5 Å². The van der Waals surface area contributed by atoms with Crippen molar-refractivity contribution in [3.8, 4) is 11.5 Å². The van der Waals surface area contributed by atoms with Crippen LogP contribution in [-0.4, -0.2) is 41.7 Å². The minimum atomic E-state index is 0.669. The van der Waals surface area contributed by atoms with Crippen molar-refractivity contribution in [2.75, 3.05) is 26.8 Å². The molecule has 128 valence electrons. The van der Waals surface area contributed by atoms with E-state index in [1.165, 1.54) is 31.5 Å². The van der Waals surface area contributed by atoms with Gasteiger partial charge in [0.15, 0.2) is 5.75 Å². The number of aryl methyl sites for hydroxylation is 1. The van der Waals surface area contributed by atoms with Crippen molar-refractivity contribution < 1.29 is 9.47 Å². The van der Waals surface area contributed by atoms with Crippen molar-refractivity contribution in [3.05, 3.63) is 48.0 Å². The number of benzene rings is 1. The van der Waals surface area contributed by atoms with Crippen molar-refractivity contribution >= 4 is 0 Å². The Morgan fingerprint density at radius 1 is 1.08 bits per heavy atom. The Balaban J connectivity index is 1.42. The van der Waals surface area contributed by atoms with Gasteiger partial charge in [-0.15, -0.1) is 0 Å². The zero-order valence-corrected chi connectivity index (χ0v) is 14.3. The largest absolute Gasteiger partial charge is 0.494 e. The lowest BCUT2D eigenvalue weighted by Gasteiger charge is -2.15. The third-order valence-corrected chi connectivity index (χ3v) is 4.23. The molecule has 1 aliphatic heterocycles. The average molecular weight is 327 g/mol. The van der Waals surface area contributed by atoms with Gasteiger partial charge in [0.05, 0.1) is 26.1 Å². The molecular formula is C19H25N3O2. The van der Waals surface area contributed by atoms with Crippen molar-refractivity contribution in [2.24, 2.45) is 0 Å². The number of aromatic nitrogens is 2. The zero-order valence-electron chi connectivity index (χ0n) is 14.3. The highest BCUT2D eigenvalue weighted by atomic mass is 16.5. The molecule has 1 saturated heterocycles.